The molecule has 0 bridgehead atoms. The van der Waals surface area contributed by atoms with Gasteiger partial charge in [-0.1, -0.05) is 48.5 Å². The van der Waals surface area contributed by atoms with Crippen molar-refractivity contribution in [2.45, 2.75) is 19.2 Å². The van der Waals surface area contributed by atoms with Crippen LogP contribution in [0.4, 0.5) is 0 Å². The van der Waals surface area contributed by atoms with Gasteiger partial charge >= 0.3 is 0 Å². The van der Waals surface area contributed by atoms with Crippen molar-refractivity contribution < 1.29 is 14.3 Å². The van der Waals surface area contributed by atoms with Gasteiger partial charge in [-0.3, -0.25) is 4.79 Å². The summed E-state index contributed by atoms with van der Waals surface area (Å²) in [5.74, 6) is 0.502. The Labute approximate surface area is 136 Å². The number of methoxy groups -OCH3 is 1. The second kappa shape index (κ2) is 8.92. The molecule has 0 spiro atoms. The average molecular weight is 314 g/mol. The van der Waals surface area contributed by atoms with E-state index in [2.05, 4.69) is 5.32 Å². The van der Waals surface area contributed by atoms with Crippen LogP contribution in [-0.2, 0) is 22.7 Å². The normalized spacial score (nSPS) is 11.7. The lowest BCUT2D eigenvalue weighted by Gasteiger charge is -2.14. The molecule has 0 aliphatic rings. The number of carbonyl (C=O) groups excluding carboxylic acids is 1. The maximum atomic E-state index is 11.8. The molecule has 122 valence electrons. The van der Waals surface area contributed by atoms with Gasteiger partial charge in [0.1, 0.15) is 18.4 Å². The third kappa shape index (κ3) is 5.39. The predicted molar refractivity (Wildman–Crippen MR) is 88.9 cm³/mol. The largest absolute Gasteiger partial charge is 0.489 e. The molecule has 1 unspecified atom stereocenters. The van der Waals surface area contributed by atoms with E-state index < -0.39 is 6.04 Å². The lowest BCUT2D eigenvalue weighted by Crippen LogP contribution is -2.43. The number of benzene rings is 2. The highest BCUT2D eigenvalue weighted by Crippen LogP contribution is 2.19. The molecule has 0 saturated carbocycles. The molecule has 0 heterocycles. The standard InChI is InChI=1S/C18H22N2O3/c1-22-13-16(19)18(21)20-11-15-9-5-6-10-17(15)23-12-14-7-3-2-4-8-14/h2-10,16H,11-13,19H2,1H3,(H,20,21). The van der Waals surface area contributed by atoms with Crippen molar-refractivity contribution >= 4 is 5.91 Å². The first kappa shape index (κ1) is 17.0. The first-order chi connectivity index (χ1) is 11.2. The summed E-state index contributed by atoms with van der Waals surface area (Å²) in [4.78, 5) is 11.8. The number of ether oxygens (including phenoxy) is 2. The van der Waals surface area contributed by atoms with E-state index in [9.17, 15) is 4.79 Å². The summed E-state index contributed by atoms with van der Waals surface area (Å²) in [5, 5.41) is 2.80. The number of hydrogen-bond acceptors (Lipinski definition) is 4. The van der Waals surface area contributed by atoms with Crippen LogP contribution in [0.15, 0.2) is 54.6 Å². The summed E-state index contributed by atoms with van der Waals surface area (Å²) in [7, 11) is 1.51. The van der Waals surface area contributed by atoms with E-state index in [1.807, 2.05) is 54.6 Å². The number of amides is 1. The molecule has 2 rings (SSSR count). The minimum absolute atomic E-state index is 0.192. The Hall–Kier alpha value is -2.37. The van der Waals surface area contributed by atoms with E-state index in [0.29, 0.717) is 13.2 Å². The van der Waals surface area contributed by atoms with Gasteiger partial charge in [-0.25, -0.2) is 0 Å². The van der Waals surface area contributed by atoms with Gasteiger partial charge in [0.15, 0.2) is 0 Å². The van der Waals surface area contributed by atoms with E-state index in [-0.39, 0.29) is 12.5 Å². The van der Waals surface area contributed by atoms with Crippen molar-refractivity contribution in [3.8, 4) is 5.75 Å². The lowest BCUT2D eigenvalue weighted by molar-refractivity contribution is -0.123. The van der Waals surface area contributed by atoms with Crippen LogP contribution in [0.5, 0.6) is 5.75 Å². The van der Waals surface area contributed by atoms with Crippen LogP contribution < -0.4 is 15.8 Å². The monoisotopic (exact) mass is 314 g/mol. The molecule has 0 radical (unpaired) electrons. The molecule has 2 aromatic carbocycles. The van der Waals surface area contributed by atoms with Gasteiger partial charge in [0.25, 0.3) is 0 Å². The van der Waals surface area contributed by atoms with Crippen molar-refractivity contribution in [3.63, 3.8) is 0 Å². The molecule has 1 amide bonds. The summed E-state index contributed by atoms with van der Waals surface area (Å²) in [6.45, 7) is 1.04. The first-order valence-electron chi connectivity index (χ1n) is 7.47. The van der Waals surface area contributed by atoms with Crippen molar-refractivity contribution in [1.29, 1.82) is 0 Å². The third-order valence-corrected chi connectivity index (χ3v) is 3.35. The van der Waals surface area contributed by atoms with E-state index >= 15 is 0 Å². The van der Waals surface area contributed by atoms with Crippen molar-refractivity contribution in [1.82, 2.24) is 5.32 Å². The summed E-state index contributed by atoms with van der Waals surface area (Å²) in [5.41, 5.74) is 7.69. The van der Waals surface area contributed by atoms with Crippen LogP contribution in [0.3, 0.4) is 0 Å². The fourth-order valence-corrected chi connectivity index (χ4v) is 2.09. The van der Waals surface area contributed by atoms with E-state index in [4.69, 9.17) is 15.2 Å². The topological polar surface area (TPSA) is 73.6 Å². The van der Waals surface area contributed by atoms with Gasteiger partial charge in [-0.2, -0.15) is 0 Å². The molecule has 0 aliphatic carbocycles. The second-order valence-electron chi connectivity index (χ2n) is 5.16. The molecule has 1 atom stereocenters. The van der Waals surface area contributed by atoms with Crippen LogP contribution in [0.2, 0.25) is 0 Å². The van der Waals surface area contributed by atoms with Gasteiger partial charge in [0.2, 0.25) is 5.91 Å². The summed E-state index contributed by atoms with van der Waals surface area (Å²) in [6, 6.07) is 16.9. The molecule has 2 aromatic rings. The van der Waals surface area contributed by atoms with E-state index in [1.54, 1.807) is 0 Å². The molecule has 0 aliphatic heterocycles. The van der Waals surface area contributed by atoms with Crippen molar-refractivity contribution in [3.05, 3.63) is 65.7 Å². The van der Waals surface area contributed by atoms with Crippen molar-refractivity contribution in [2.75, 3.05) is 13.7 Å². The van der Waals surface area contributed by atoms with Crippen LogP contribution in [0, 0.1) is 0 Å². The number of nitrogens with one attached hydrogen (secondary N) is 1. The first-order valence-corrected chi connectivity index (χ1v) is 7.47. The Morgan fingerprint density at radius 2 is 1.83 bits per heavy atom. The Morgan fingerprint density at radius 3 is 2.57 bits per heavy atom. The molecular formula is C18H22N2O3. The van der Waals surface area contributed by atoms with Gasteiger partial charge in [-0.15, -0.1) is 0 Å². The highest BCUT2D eigenvalue weighted by molar-refractivity contribution is 5.81. The average Bonchev–Trinajstić information content (AvgIpc) is 2.59. The van der Waals surface area contributed by atoms with Crippen molar-refractivity contribution in [2.24, 2.45) is 5.73 Å². The van der Waals surface area contributed by atoms with E-state index in [1.165, 1.54) is 7.11 Å². The number of nitrogens with two attached hydrogens (primary N) is 1. The summed E-state index contributed by atoms with van der Waals surface area (Å²) >= 11 is 0. The fourth-order valence-electron chi connectivity index (χ4n) is 2.09. The quantitative estimate of drug-likeness (QED) is 0.780. The molecule has 0 aromatic heterocycles. The number of hydrogen-bond donors (Lipinski definition) is 2. The Bertz CT molecular complexity index is 617. The third-order valence-electron chi connectivity index (χ3n) is 3.35. The molecule has 23 heavy (non-hydrogen) atoms. The highest BCUT2D eigenvalue weighted by atomic mass is 16.5. The Balaban J connectivity index is 1.93. The van der Waals surface area contributed by atoms with Crippen LogP contribution in [0.25, 0.3) is 0 Å². The highest BCUT2D eigenvalue weighted by Gasteiger charge is 2.13. The summed E-state index contributed by atoms with van der Waals surface area (Å²) < 4.78 is 10.7. The number of carbonyl (C=O) groups is 1. The van der Waals surface area contributed by atoms with E-state index in [0.717, 1.165) is 16.9 Å². The van der Waals surface area contributed by atoms with Gasteiger partial charge in [0, 0.05) is 19.2 Å². The SMILES string of the molecule is COCC(N)C(=O)NCc1ccccc1OCc1ccccc1. The Kier molecular flexibility index (Phi) is 6.59. The lowest BCUT2D eigenvalue weighted by atomic mass is 10.2. The zero-order chi connectivity index (χ0) is 16.5. The number of para-hydroxylation sites is 1. The zero-order valence-corrected chi connectivity index (χ0v) is 13.2. The molecule has 0 fully saturated rings. The smallest absolute Gasteiger partial charge is 0.239 e. The molecule has 0 saturated heterocycles. The maximum absolute atomic E-state index is 11.8. The van der Waals surface area contributed by atoms with Gasteiger partial charge in [-0.05, 0) is 11.6 Å². The van der Waals surface area contributed by atoms with Crippen LogP contribution in [0.1, 0.15) is 11.1 Å². The molecule has 5 nitrogen and oxygen atoms in total. The maximum Gasteiger partial charge on any atom is 0.239 e. The molecular weight excluding hydrogens is 292 g/mol. The predicted octanol–water partition coefficient (Wildman–Crippen LogP) is 1.86. The Morgan fingerprint density at radius 1 is 1.13 bits per heavy atom. The minimum atomic E-state index is -0.669. The molecule has 3 N–H and O–H groups in total. The molecule has 5 heteroatoms. The fraction of sp³-hybridized carbons (Fsp3) is 0.278. The minimum Gasteiger partial charge on any atom is -0.489 e. The van der Waals surface area contributed by atoms with Gasteiger partial charge < -0.3 is 20.5 Å². The number of rotatable bonds is 8. The van der Waals surface area contributed by atoms with Gasteiger partial charge in [0.05, 0.1) is 6.61 Å². The second-order valence-corrected chi connectivity index (χ2v) is 5.16. The zero-order valence-electron chi connectivity index (χ0n) is 13.2. The van der Waals surface area contributed by atoms with Crippen LogP contribution in [-0.4, -0.2) is 25.7 Å². The van der Waals surface area contributed by atoms with Crippen LogP contribution >= 0.6 is 0 Å². The summed E-state index contributed by atoms with van der Waals surface area (Å²) in [6.07, 6.45) is 0.